The smallest absolute Gasteiger partial charge is 0.244 e. The molecule has 0 spiro atoms. The van der Waals surface area contributed by atoms with Gasteiger partial charge in [0.15, 0.2) is 0 Å². The highest BCUT2D eigenvalue weighted by atomic mass is 35.5. The van der Waals surface area contributed by atoms with Crippen LogP contribution < -0.4 is 5.73 Å². The number of sulfonamides is 1. The van der Waals surface area contributed by atoms with Gasteiger partial charge in [-0.3, -0.25) is 4.79 Å². The molecule has 0 saturated carbocycles. The minimum absolute atomic E-state index is 0.0472. The van der Waals surface area contributed by atoms with E-state index in [4.69, 9.17) is 22.1 Å². The van der Waals surface area contributed by atoms with Crippen LogP contribution in [0, 0.1) is 5.82 Å². The number of nitrogens with two attached hydrogens (primary N) is 1. The van der Waals surface area contributed by atoms with Gasteiger partial charge < -0.3 is 10.5 Å². The Morgan fingerprint density at radius 3 is 2.71 bits per heavy atom. The van der Waals surface area contributed by atoms with Crippen molar-refractivity contribution in [1.29, 1.82) is 0 Å². The second kappa shape index (κ2) is 5.88. The molecular weight excluding hydrogens is 323 g/mol. The Morgan fingerprint density at radius 2 is 2.14 bits per heavy atom. The Kier molecular flexibility index (Phi) is 4.52. The van der Waals surface area contributed by atoms with Crippen LogP contribution in [0.5, 0.6) is 0 Å². The maximum atomic E-state index is 13.4. The molecule has 1 heterocycles. The third kappa shape index (κ3) is 3.18. The molecular formula is C12H14ClFN2O4S. The first-order valence-electron chi connectivity index (χ1n) is 6.12. The number of carbonyl (C=O) groups is 1. The molecule has 116 valence electrons. The van der Waals surface area contributed by atoms with Crippen LogP contribution in [0.4, 0.5) is 4.39 Å². The van der Waals surface area contributed by atoms with E-state index < -0.39 is 33.9 Å². The van der Waals surface area contributed by atoms with Crippen molar-refractivity contribution in [2.75, 3.05) is 13.2 Å². The topological polar surface area (TPSA) is 89.7 Å². The largest absolute Gasteiger partial charge is 0.375 e. The second-order valence-corrected chi connectivity index (χ2v) is 6.97. The van der Waals surface area contributed by atoms with Gasteiger partial charge in [0.2, 0.25) is 15.9 Å². The molecule has 1 saturated heterocycles. The fourth-order valence-corrected chi connectivity index (χ4v) is 4.23. The highest BCUT2D eigenvalue weighted by molar-refractivity contribution is 7.89. The van der Waals surface area contributed by atoms with E-state index in [1.54, 1.807) is 6.92 Å². The predicted molar refractivity (Wildman–Crippen MR) is 73.7 cm³/mol. The Labute approximate surface area is 126 Å². The van der Waals surface area contributed by atoms with Crippen LogP contribution in [0.2, 0.25) is 5.02 Å². The summed E-state index contributed by atoms with van der Waals surface area (Å²) in [6, 6.07) is 1.82. The molecule has 2 N–H and O–H groups in total. The first kappa shape index (κ1) is 16.2. The van der Waals surface area contributed by atoms with E-state index in [-0.39, 0.29) is 23.1 Å². The zero-order valence-electron chi connectivity index (χ0n) is 11.1. The van der Waals surface area contributed by atoms with Gasteiger partial charge in [0, 0.05) is 11.6 Å². The van der Waals surface area contributed by atoms with Crippen molar-refractivity contribution in [2.24, 2.45) is 5.73 Å². The molecule has 1 amide bonds. The van der Waals surface area contributed by atoms with Gasteiger partial charge in [0.1, 0.15) is 11.9 Å². The molecule has 0 radical (unpaired) electrons. The number of hydrogen-bond acceptors (Lipinski definition) is 4. The average molecular weight is 337 g/mol. The number of carbonyl (C=O) groups excluding carboxylic acids is 1. The molecule has 2 rings (SSSR count). The molecule has 0 unspecified atom stereocenters. The molecule has 2 atom stereocenters. The number of halogens is 2. The van der Waals surface area contributed by atoms with E-state index in [1.807, 2.05) is 0 Å². The van der Waals surface area contributed by atoms with Crippen molar-refractivity contribution >= 4 is 27.5 Å². The Balaban J connectivity index is 2.48. The summed E-state index contributed by atoms with van der Waals surface area (Å²) in [5, 5.41) is -0.0505. The van der Waals surface area contributed by atoms with Crippen LogP contribution in [-0.2, 0) is 19.6 Å². The van der Waals surface area contributed by atoms with Gasteiger partial charge in [-0.1, -0.05) is 11.6 Å². The number of morpholine rings is 1. The van der Waals surface area contributed by atoms with Crippen LogP contribution in [0.15, 0.2) is 23.1 Å². The van der Waals surface area contributed by atoms with Crippen molar-refractivity contribution < 1.29 is 22.3 Å². The maximum Gasteiger partial charge on any atom is 0.244 e. The average Bonchev–Trinajstić information content (AvgIpc) is 2.36. The van der Waals surface area contributed by atoms with E-state index >= 15 is 0 Å². The van der Waals surface area contributed by atoms with Crippen molar-refractivity contribution in [3.63, 3.8) is 0 Å². The summed E-state index contributed by atoms with van der Waals surface area (Å²) in [6.45, 7) is 1.62. The van der Waals surface area contributed by atoms with Crippen LogP contribution in [0.1, 0.15) is 6.92 Å². The summed E-state index contributed by atoms with van der Waals surface area (Å²) in [5.41, 5.74) is 5.26. The number of primary amides is 1. The second-order valence-electron chi connectivity index (χ2n) is 4.64. The van der Waals surface area contributed by atoms with Crippen LogP contribution >= 0.6 is 11.6 Å². The Bertz CT molecular complexity index is 647. The molecule has 0 bridgehead atoms. The van der Waals surface area contributed by atoms with E-state index in [9.17, 15) is 17.6 Å². The van der Waals surface area contributed by atoms with Crippen LogP contribution in [0.25, 0.3) is 0 Å². The summed E-state index contributed by atoms with van der Waals surface area (Å²) in [5.74, 6) is -1.61. The first-order chi connectivity index (χ1) is 9.73. The van der Waals surface area contributed by atoms with Gasteiger partial charge in [-0.05, 0) is 25.1 Å². The maximum absolute atomic E-state index is 13.4. The zero-order valence-corrected chi connectivity index (χ0v) is 12.7. The van der Waals surface area contributed by atoms with E-state index in [2.05, 4.69) is 0 Å². The summed E-state index contributed by atoms with van der Waals surface area (Å²) in [7, 11) is -4.11. The summed E-state index contributed by atoms with van der Waals surface area (Å²) in [4.78, 5) is 11.2. The summed E-state index contributed by atoms with van der Waals surface area (Å²) < 4.78 is 44.7. The van der Waals surface area contributed by atoms with Gasteiger partial charge in [-0.15, -0.1) is 0 Å². The van der Waals surface area contributed by atoms with E-state index in [0.717, 1.165) is 22.5 Å². The van der Waals surface area contributed by atoms with Crippen molar-refractivity contribution in [3.05, 3.63) is 29.0 Å². The minimum Gasteiger partial charge on any atom is -0.375 e. The number of benzene rings is 1. The third-order valence-corrected chi connectivity index (χ3v) is 5.26. The molecule has 1 aliphatic heterocycles. The van der Waals surface area contributed by atoms with Crippen molar-refractivity contribution in [1.82, 2.24) is 4.31 Å². The molecule has 1 aliphatic rings. The van der Waals surface area contributed by atoms with Crippen LogP contribution in [-0.4, -0.2) is 43.9 Å². The number of ether oxygens (including phenoxy) is 1. The fraction of sp³-hybridized carbons (Fsp3) is 0.417. The molecule has 0 aliphatic carbocycles. The Morgan fingerprint density at radius 1 is 1.48 bits per heavy atom. The third-order valence-electron chi connectivity index (χ3n) is 3.18. The lowest BCUT2D eigenvalue weighted by Crippen LogP contribution is -2.58. The van der Waals surface area contributed by atoms with E-state index in [0.29, 0.717) is 0 Å². The molecule has 0 aromatic heterocycles. The fourth-order valence-electron chi connectivity index (χ4n) is 2.25. The normalized spacial score (nSPS) is 24.0. The SMILES string of the molecule is C[C@H]1OCCN(S(=O)(=O)c2cc(F)cc(Cl)c2)[C@@H]1C(N)=O. The molecule has 21 heavy (non-hydrogen) atoms. The molecule has 1 aromatic rings. The number of hydrogen-bond donors (Lipinski definition) is 1. The standard InChI is InChI=1S/C12H14ClFN2O4S/c1-7-11(12(15)17)16(2-3-20-7)21(18,19)10-5-8(13)4-9(14)6-10/h4-7,11H,2-3H2,1H3,(H2,15,17)/t7-,11+/m1/s1. The Hall–Kier alpha value is -1.22. The van der Waals surface area contributed by atoms with Crippen molar-refractivity contribution in [3.8, 4) is 0 Å². The lowest BCUT2D eigenvalue weighted by atomic mass is 10.1. The monoisotopic (exact) mass is 336 g/mol. The highest BCUT2D eigenvalue weighted by Gasteiger charge is 2.41. The molecule has 9 heteroatoms. The lowest BCUT2D eigenvalue weighted by molar-refractivity contribution is -0.130. The minimum atomic E-state index is -4.11. The quantitative estimate of drug-likeness (QED) is 0.881. The molecule has 1 fully saturated rings. The highest BCUT2D eigenvalue weighted by Crippen LogP contribution is 2.26. The predicted octanol–water partition coefficient (Wildman–Crippen LogP) is 0.742. The first-order valence-corrected chi connectivity index (χ1v) is 7.94. The van der Waals surface area contributed by atoms with E-state index in [1.165, 1.54) is 0 Å². The molecule has 1 aromatic carbocycles. The van der Waals surface area contributed by atoms with Gasteiger partial charge in [0.05, 0.1) is 17.6 Å². The van der Waals surface area contributed by atoms with Gasteiger partial charge in [0.25, 0.3) is 0 Å². The zero-order chi connectivity index (χ0) is 15.8. The summed E-state index contributed by atoms with van der Waals surface area (Å²) >= 11 is 5.68. The van der Waals surface area contributed by atoms with Crippen molar-refractivity contribution in [2.45, 2.75) is 24.0 Å². The molecule has 6 nitrogen and oxygen atoms in total. The number of rotatable bonds is 3. The number of amides is 1. The van der Waals surface area contributed by atoms with Crippen LogP contribution in [0.3, 0.4) is 0 Å². The summed E-state index contributed by atoms with van der Waals surface area (Å²) in [6.07, 6.45) is -0.685. The lowest BCUT2D eigenvalue weighted by Gasteiger charge is -2.36. The number of nitrogens with zero attached hydrogens (tertiary/aromatic N) is 1. The van der Waals surface area contributed by atoms with Gasteiger partial charge in [-0.2, -0.15) is 4.31 Å². The van der Waals surface area contributed by atoms with Gasteiger partial charge >= 0.3 is 0 Å². The van der Waals surface area contributed by atoms with Gasteiger partial charge in [-0.25, -0.2) is 12.8 Å².